The minimum absolute atomic E-state index is 0. The zero-order chi connectivity index (χ0) is 5.11. The average molecular weight is 152 g/mol. The number of aromatic nitrogens is 1. The fraction of sp³-hybridized carbons (Fsp3) is 0.167. The van der Waals surface area contributed by atoms with Gasteiger partial charge in [0.1, 0.15) is 0 Å². The molecule has 0 saturated carbocycles. The van der Waals surface area contributed by atoms with Crippen molar-refractivity contribution in [1.82, 2.24) is 4.98 Å². The van der Waals surface area contributed by atoms with Gasteiger partial charge in [-0.1, -0.05) is 6.07 Å². The second-order valence-corrected chi connectivity index (χ2v) is 1.47. The summed E-state index contributed by atoms with van der Waals surface area (Å²) >= 11 is 0. The molecule has 0 amide bonds. The summed E-state index contributed by atoms with van der Waals surface area (Å²) in [6.45, 7) is 1.97. The van der Waals surface area contributed by atoms with E-state index in [0.29, 0.717) is 0 Å². The van der Waals surface area contributed by atoms with E-state index in [4.69, 9.17) is 0 Å². The van der Waals surface area contributed by atoms with Gasteiger partial charge in [0.15, 0.2) is 0 Å². The number of hydrogen-bond donors (Lipinski definition) is 0. The smallest absolute Gasteiger partial charge is 0.0372 e. The molecule has 0 saturated heterocycles. The molecule has 0 fully saturated rings. The molecule has 46 valence electrons. The van der Waals surface area contributed by atoms with Crippen molar-refractivity contribution in [1.29, 1.82) is 0 Å². The molecule has 0 aliphatic carbocycles. The van der Waals surface area contributed by atoms with Crippen LogP contribution in [0.5, 0.6) is 0 Å². The molecule has 1 aromatic heterocycles. The van der Waals surface area contributed by atoms with E-state index in [2.05, 4.69) is 4.98 Å². The third-order valence-electron chi connectivity index (χ3n) is 0.813. The Bertz CT molecular complexity index is 138. The van der Waals surface area contributed by atoms with E-state index in [-0.39, 0.29) is 16.5 Å². The molecule has 0 N–H and O–H groups in total. The van der Waals surface area contributed by atoms with Crippen LogP contribution in [0.15, 0.2) is 24.4 Å². The van der Waals surface area contributed by atoms with E-state index >= 15 is 0 Å². The summed E-state index contributed by atoms with van der Waals surface area (Å²) in [5.74, 6) is 0. The van der Waals surface area contributed by atoms with Gasteiger partial charge in [-0.15, -0.1) is 0 Å². The van der Waals surface area contributed by atoms with E-state index in [1.165, 1.54) is 0 Å². The number of nitrogens with zero attached hydrogens (tertiary/aromatic N) is 1. The van der Waals surface area contributed by atoms with Crippen LogP contribution in [0.25, 0.3) is 0 Å². The number of pyridine rings is 1. The molecule has 0 atom stereocenters. The SMILES string of the molecule is Cc1ccccn1.[Ni]. The van der Waals surface area contributed by atoms with Crippen molar-refractivity contribution in [3.05, 3.63) is 30.1 Å². The summed E-state index contributed by atoms with van der Waals surface area (Å²) in [4.78, 5) is 3.98. The normalized spacial score (nSPS) is 7.62. The summed E-state index contributed by atoms with van der Waals surface area (Å²) in [6.07, 6.45) is 1.79. The van der Waals surface area contributed by atoms with Gasteiger partial charge in [0.25, 0.3) is 0 Å². The molecule has 1 rings (SSSR count). The van der Waals surface area contributed by atoms with Crippen molar-refractivity contribution in [3.63, 3.8) is 0 Å². The van der Waals surface area contributed by atoms with Crippen LogP contribution < -0.4 is 0 Å². The number of aryl methyl sites for hydroxylation is 1. The minimum Gasteiger partial charge on any atom is -0.262 e. The van der Waals surface area contributed by atoms with Crippen molar-refractivity contribution in [2.45, 2.75) is 6.92 Å². The van der Waals surface area contributed by atoms with Crippen LogP contribution >= 0.6 is 0 Å². The van der Waals surface area contributed by atoms with Crippen LogP contribution in [0.1, 0.15) is 5.69 Å². The Balaban J connectivity index is 0.000000490. The molecular formula is C6H7NNi. The van der Waals surface area contributed by atoms with Gasteiger partial charge in [0.05, 0.1) is 0 Å². The molecule has 0 aromatic carbocycles. The Kier molecular flexibility index (Phi) is 3.46. The van der Waals surface area contributed by atoms with E-state index in [1.54, 1.807) is 6.20 Å². The van der Waals surface area contributed by atoms with Crippen molar-refractivity contribution in [2.75, 3.05) is 0 Å². The molecule has 0 radical (unpaired) electrons. The monoisotopic (exact) mass is 151 g/mol. The Labute approximate surface area is 59.1 Å². The molecule has 0 aliphatic heterocycles. The first-order valence-corrected chi connectivity index (χ1v) is 2.27. The quantitative estimate of drug-likeness (QED) is 0.511. The Morgan fingerprint density at radius 2 is 2.12 bits per heavy atom. The minimum atomic E-state index is 0. The molecule has 2 heteroatoms. The van der Waals surface area contributed by atoms with Crippen molar-refractivity contribution in [3.8, 4) is 0 Å². The first-order chi connectivity index (χ1) is 3.39. The zero-order valence-electron chi connectivity index (χ0n) is 4.57. The molecule has 1 heterocycles. The van der Waals surface area contributed by atoms with E-state index in [0.717, 1.165) is 5.69 Å². The first kappa shape index (κ1) is 7.64. The third kappa shape index (κ3) is 2.08. The zero-order valence-corrected chi connectivity index (χ0v) is 5.56. The molecule has 1 aromatic rings. The van der Waals surface area contributed by atoms with Crippen LogP contribution in [0.2, 0.25) is 0 Å². The van der Waals surface area contributed by atoms with Gasteiger partial charge in [-0.2, -0.15) is 0 Å². The third-order valence-corrected chi connectivity index (χ3v) is 0.813. The van der Waals surface area contributed by atoms with E-state index in [9.17, 15) is 0 Å². The van der Waals surface area contributed by atoms with E-state index < -0.39 is 0 Å². The molecule has 0 spiro atoms. The van der Waals surface area contributed by atoms with Gasteiger partial charge < -0.3 is 0 Å². The number of rotatable bonds is 0. The standard InChI is InChI=1S/C6H7N.Ni/c1-6-4-2-3-5-7-6;/h2-5H,1H3;. The average Bonchev–Trinajstić information content (AvgIpc) is 1.69. The summed E-state index contributed by atoms with van der Waals surface area (Å²) in [7, 11) is 0. The van der Waals surface area contributed by atoms with Crippen molar-refractivity contribution < 1.29 is 16.5 Å². The van der Waals surface area contributed by atoms with Gasteiger partial charge in [-0.25, -0.2) is 0 Å². The summed E-state index contributed by atoms with van der Waals surface area (Å²) in [6, 6.07) is 5.86. The topological polar surface area (TPSA) is 12.9 Å². The van der Waals surface area contributed by atoms with Crippen LogP contribution in [0.3, 0.4) is 0 Å². The van der Waals surface area contributed by atoms with Gasteiger partial charge >= 0.3 is 0 Å². The predicted octanol–water partition coefficient (Wildman–Crippen LogP) is 1.39. The summed E-state index contributed by atoms with van der Waals surface area (Å²) in [5.41, 5.74) is 1.07. The summed E-state index contributed by atoms with van der Waals surface area (Å²) in [5, 5.41) is 0. The van der Waals surface area contributed by atoms with Crippen molar-refractivity contribution >= 4 is 0 Å². The van der Waals surface area contributed by atoms with Gasteiger partial charge in [0, 0.05) is 28.4 Å². The van der Waals surface area contributed by atoms with Crippen molar-refractivity contribution in [2.24, 2.45) is 0 Å². The van der Waals surface area contributed by atoms with Crippen LogP contribution in [0.4, 0.5) is 0 Å². The molecule has 8 heavy (non-hydrogen) atoms. The van der Waals surface area contributed by atoms with E-state index in [1.807, 2.05) is 25.1 Å². The Morgan fingerprint density at radius 1 is 1.38 bits per heavy atom. The second-order valence-electron chi connectivity index (χ2n) is 1.47. The van der Waals surface area contributed by atoms with Gasteiger partial charge in [0.2, 0.25) is 0 Å². The maximum absolute atomic E-state index is 3.98. The molecule has 1 nitrogen and oxygen atoms in total. The van der Waals surface area contributed by atoms with Gasteiger partial charge in [-0.3, -0.25) is 4.98 Å². The second kappa shape index (κ2) is 3.62. The Hall–Kier alpha value is -0.356. The number of hydrogen-bond acceptors (Lipinski definition) is 1. The molecule has 0 unspecified atom stereocenters. The fourth-order valence-electron chi connectivity index (χ4n) is 0.448. The largest absolute Gasteiger partial charge is 0.262 e. The fourth-order valence-corrected chi connectivity index (χ4v) is 0.448. The summed E-state index contributed by atoms with van der Waals surface area (Å²) < 4.78 is 0. The van der Waals surface area contributed by atoms with Crippen LogP contribution in [0, 0.1) is 6.92 Å². The molecular weight excluding hydrogens is 145 g/mol. The maximum atomic E-state index is 3.98. The van der Waals surface area contributed by atoms with Crippen LogP contribution in [-0.2, 0) is 16.5 Å². The maximum Gasteiger partial charge on any atom is 0.0372 e. The first-order valence-electron chi connectivity index (χ1n) is 2.27. The predicted molar refractivity (Wildman–Crippen MR) is 29.0 cm³/mol. The molecule has 0 aliphatic rings. The Morgan fingerprint density at radius 3 is 2.38 bits per heavy atom. The van der Waals surface area contributed by atoms with Gasteiger partial charge in [-0.05, 0) is 19.1 Å². The molecule has 0 bridgehead atoms. The van der Waals surface area contributed by atoms with Crippen LogP contribution in [-0.4, -0.2) is 4.98 Å².